The van der Waals surface area contributed by atoms with Gasteiger partial charge in [0, 0.05) is 56.6 Å². The van der Waals surface area contributed by atoms with Crippen LogP contribution in [0.5, 0.6) is 0 Å². The zero-order valence-corrected chi connectivity index (χ0v) is 15.3. The lowest BCUT2D eigenvalue weighted by molar-refractivity contribution is -0.130. The van der Waals surface area contributed by atoms with Crippen molar-refractivity contribution in [3.8, 4) is 0 Å². The molecule has 2 amide bonds. The molecule has 2 aliphatic heterocycles. The molecular weight excluding hydrogens is 330 g/mol. The smallest absolute Gasteiger partial charge is 0.225 e. The van der Waals surface area contributed by atoms with E-state index in [2.05, 4.69) is 10.3 Å². The predicted octanol–water partition coefficient (Wildman–Crippen LogP) is 1.73. The molecule has 0 bridgehead atoms. The fourth-order valence-corrected chi connectivity index (χ4v) is 4.42. The maximum atomic E-state index is 12.9. The number of ether oxygens (including phenoxy) is 1. The van der Waals surface area contributed by atoms with Gasteiger partial charge in [0.15, 0.2) is 0 Å². The van der Waals surface area contributed by atoms with E-state index in [0.717, 1.165) is 31.5 Å². The molecule has 0 aromatic carbocycles. The van der Waals surface area contributed by atoms with E-state index in [1.54, 1.807) is 0 Å². The van der Waals surface area contributed by atoms with Crippen LogP contribution < -0.4 is 5.32 Å². The number of carbonyl (C=O) groups excluding carboxylic acids is 2. The summed E-state index contributed by atoms with van der Waals surface area (Å²) in [5, 5.41) is 3.15. The highest BCUT2D eigenvalue weighted by molar-refractivity contribution is 5.83. The molecule has 3 heterocycles. The lowest BCUT2D eigenvalue weighted by Gasteiger charge is -2.37. The Morgan fingerprint density at radius 1 is 1.31 bits per heavy atom. The van der Waals surface area contributed by atoms with E-state index >= 15 is 0 Å². The number of carbonyl (C=O) groups is 2. The molecule has 142 valence electrons. The van der Waals surface area contributed by atoms with Gasteiger partial charge in [-0.2, -0.15) is 0 Å². The normalized spacial score (nSPS) is 24.8. The van der Waals surface area contributed by atoms with Gasteiger partial charge >= 0.3 is 0 Å². The van der Waals surface area contributed by atoms with Crippen molar-refractivity contribution in [1.82, 2.24) is 15.2 Å². The molecule has 1 aromatic rings. The zero-order valence-electron chi connectivity index (χ0n) is 15.3. The number of aryl methyl sites for hydroxylation is 1. The second kappa shape index (κ2) is 7.43. The summed E-state index contributed by atoms with van der Waals surface area (Å²) in [6.45, 7) is 3.43. The molecule has 4 rings (SSSR count). The lowest BCUT2D eigenvalue weighted by atomic mass is 9.71. The monoisotopic (exact) mass is 359 g/mol. The number of hydrogen-bond donors (Lipinski definition) is 2. The SMILES string of the molecule is O=C(NCC1CC1)C1CN(C(=O)CCc2ccc[nH]2)CC12CCOCC2. The van der Waals surface area contributed by atoms with Crippen LogP contribution in [0.2, 0.25) is 0 Å². The third-order valence-electron chi connectivity index (χ3n) is 6.34. The summed E-state index contributed by atoms with van der Waals surface area (Å²) in [5.74, 6) is 0.866. The van der Waals surface area contributed by atoms with Crippen LogP contribution in [0.25, 0.3) is 0 Å². The highest BCUT2D eigenvalue weighted by atomic mass is 16.5. The van der Waals surface area contributed by atoms with Crippen LogP contribution in [0.1, 0.15) is 37.8 Å². The number of nitrogens with one attached hydrogen (secondary N) is 2. The molecule has 1 saturated carbocycles. The molecule has 1 atom stereocenters. The van der Waals surface area contributed by atoms with Gasteiger partial charge in [-0.05, 0) is 50.2 Å². The minimum Gasteiger partial charge on any atom is -0.381 e. The predicted molar refractivity (Wildman–Crippen MR) is 97.4 cm³/mol. The van der Waals surface area contributed by atoms with E-state index in [4.69, 9.17) is 4.74 Å². The van der Waals surface area contributed by atoms with Gasteiger partial charge in [0.05, 0.1) is 5.92 Å². The molecule has 2 saturated heterocycles. The Labute approximate surface area is 154 Å². The van der Waals surface area contributed by atoms with Crippen molar-refractivity contribution >= 4 is 11.8 Å². The Morgan fingerprint density at radius 3 is 2.81 bits per heavy atom. The second-order valence-corrected chi connectivity index (χ2v) is 8.19. The van der Waals surface area contributed by atoms with Crippen LogP contribution in [0.3, 0.4) is 0 Å². The molecule has 1 aromatic heterocycles. The highest BCUT2D eigenvalue weighted by Gasteiger charge is 2.51. The van der Waals surface area contributed by atoms with Crippen LogP contribution in [0.4, 0.5) is 0 Å². The summed E-state index contributed by atoms with van der Waals surface area (Å²) in [6, 6.07) is 3.96. The van der Waals surface area contributed by atoms with Gasteiger partial charge in [0.2, 0.25) is 11.8 Å². The molecule has 1 aliphatic carbocycles. The third-order valence-corrected chi connectivity index (χ3v) is 6.34. The molecular formula is C20H29N3O3. The molecule has 6 nitrogen and oxygen atoms in total. The number of H-pyrrole nitrogens is 1. The van der Waals surface area contributed by atoms with Crippen molar-refractivity contribution in [1.29, 1.82) is 0 Å². The van der Waals surface area contributed by atoms with E-state index in [9.17, 15) is 9.59 Å². The van der Waals surface area contributed by atoms with Gasteiger partial charge in [0.25, 0.3) is 0 Å². The topological polar surface area (TPSA) is 74.4 Å². The van der Waals surface area contributed by atoms with Crippen LogP contribution in [-0.2, 0) is 20.7 Å². The number of rotatable bonds is 6. The second-order valence-electron chi connectivity index (χ2n) is 8.19. The number of hydrogen-bond acceptors (Lipinski definition) is 3. The molecule has 0 radical (unpaired) electrons. The van der Waals surface area contributed by atoms with Crippen molar-refractivity contribution in [2.45, 2.75) is 38.5 Å². The molecule has 3 aliphatic rings. The average Bonchev–Trinajstić information content (AvgIpc) is 3.20. The first-order valence-electron chi connectivity index (χ1n) is 9.92. The Bertz CT molecular complexity index is 633. The number of aromatic nitrogens is 1. The Kier molecular flexibility index (Phi) is 5.02. The number of aromatic amines is 1. The maximum Gasteiger partial charge on any atom is 0.225 e. The van der Waals surface area contributed by atoms with Gasteiger partial charge in [-0.15, -0.1) is 0 Å². The van der Waals surface area contributed by atoms with E-state index < -0.39 is 0 Å². The van der Waals surface area contributed by atoms with Crippen molar-refractivity contribution in [3.05, 3.63) is 24.0 Å². The van der Waals surface area contributed by atoms with Gasteiger partial charge in [-0.3, -0.25) is 9.59 Å². The van der Waals surface area contributed by atoms with Crippen molar-refractivity contribution in [2.24, 2.45) is 17.3 Å². The van der Waals surface area contributed by atoms with Crippen LogP contribution >= 0.6 is 0 Å². The minimum atomic E-state index is -0.103. The molecule has 1 unspecified atom stereocenters. The van der Waals surface area contributed by atoms with Gasteiger partial charge in [-0.25, -0.2) is 0 Å². The largest absolute Gasteiger partial charge is 0.381 e. The van der Waals surface area contributed by atoms with Crippen molar-refractivity contribution in [3.63, 3.8) is 0 Å². The molecule has 26 heavy (non-hydrogen) atoms. The summed E-state index contributed by atoms with van der Waals surface area (Å²) in [5.41, 5.74) is 0.977. The molecule has 6 heteroatoms. The molecule has 3 fully saturated rings. The minimum absolute atomic E-state index is 0.0976. The van der Waals surface area contributed by atoms with E-state index in [1.165, 1.54) is 12.8 Å². The average molecular weight is 359 g/mol. The van der Waals surface area contributed by atoms with Crippen LogP contribution in [-0.4, -0.2) is 54.5 Å². The number of likely N-dealkylation sites (tertiary alicyclic amines) is 1. The standard InChI is InChI=1S/C20H29N3O3/c24-18(6-5-16-2-1-9-21-16)23-13-17(19(25)22-12-15-3-4-15)20(14-23)7-10-26-11-8-20/h1-2,9,15,17,21H,3-8,10-14H2,(H,22,25). The number of nitrogens with zero attached hydrogens (tertiary/aromatic N) is 1. The fourth-order valence-electron chi connectivity index (χ4n) is 4.42. The zero-order chi connectivity index (χ0) is 18.0. The van der Waals surface area contributed by atoms with Gasteiger partial charge in [0.1, 0.15) is 0 Å². The first-order valence-corrected chi connectivity index (χ1v) is 9.92. The Morgan fingerprint density at radius 2 is 2.12 bits per heavy atom. The van der Waals surface area contributed by atoms with Gasteiger partial charge < -0.3 is 19.9 Å². The summed E-state index contributed by atoms with van der Waals surface area (Å²) in [6.07, 6.45) is 7.29. The van der Waals surface area contributed by atoms with E-state index in [-0.39, 0.29) is 23.1 Å². The summed E-state index contributed by atoms with van der Waals surface area (Å²) in [7, 11) is 0. The Balaban J connectivity index is 1.40. The van der Waals surface area contributed by atoms with E-state index in [0.29, 0.717) is 38.6 Å². The van der Waals surface area contributed by atoms with Gasteiger partial charge in [-0.1, -0.05) is 0 Å². The summed E-state index contributed by atoms with van der Waals surface area (Å²) < 4.78 is 5.55. The van der Waals surface area contributed by atoms with Crippen LogP contribution in [0.15, 0.2) is 18.3 Å². The molecule has 2 N–H and O–H groups in total. The first-order chi connectivity index (χ1) is 12.7. The summed E-state index contributed by atoms with van der Waals surface area (Å²) in [4.78, 5) is 30.7. The number of amides is 2. The molecule has 1 spiro atoms. The third kappa shape index (κ3) is 3.80. The fraction of sp³-hybridized carbons (Fsp3) is 0.700. The van der Waals surface area contributed by atoms with Crippen molar-refractivity contribution < 1.29 is 14.3 Å². The van der Waals surface area contributed by atoms with E-state index in [1.807, 2.05) is 23.2 Å². The maximum absolute atomic E-state index is 12.9. The highest BCUT2D eigenvalue weighted by Crippen LogP contribution is 2.44. The quantitative estimate of drug-likeness (QED) is 0.812. The van der Waals surface area contributed by atoms with Crippen LogP contribution in [0, 0.1) is 17.3 Å². The Hall–Kier alpha value is -1.82. The lowest BCUT2D eigenvalue weighted by Crippen LogP contribution is -2.44. The summed E-state index contributed by atoms with van der Waals surface area (Å²) >= 11 is 0. The first kappa shape index (κ1) is 17.6. The van der Waals surface area contributed by atoms with Crippen molar-refractivity contribution in [2.75, 3.05) is 32.8 Å².